The van der Waals surface area contributed by atoms with E-state index in [9.17, 15) is 14.9 Å². The lowest BCUT2D eigenvalue weighted by molar-refractivity contribution is -0.384. The molecule has 16 heavy (non-hydrogen) atoms. The van der Waals surface area contributed by atoms with E-state index in [0.717, 1.165) is 0 Å². The van der Waals surface area contributed by atoms with E-state index in [0.29, 0.717) is 12.1 Å². The van der Waals surface area contributed by atoms with Crippen molar-refractivity contribution in [3.63, 3.8) is 0 Å². The molecular weight excluding hydrogens is 212 g/mol. The third kappa shape index (κ3) is 2.94. The molecule has 0 spiro atoms. The lowest BCUT2D eigenvalue weighted by Crippen LogP contribution is -2.28. The van der Waals surface area contributed by atoms with Crippen molar-refractivity contribution >= 4 is 17.3 Å². The van der Waals surface area contributed by atoms with Gasteiger partial charge in [-0.2, -0.15) is 0 Å². The number of carboxylic acid groups (broad SMARTS) is 1. The smallest absolute Gasteiger partial charge is 0.326 e. The van der Waals surface area contributed by atoms with Gasteiger partial charge in [0.15, 0.2) is 0 Å². The fourth-order valence-corrected chi connectivity index (χ4v) is 1.25. The molecule has 0 aliphatic heterocycles. The number of rotatable bonds is 5. The summed E-state index contributed by atoms with van der Waals surface area (Å²) in [7, 11) is 0. The van der Waals surface area contributed by atoms with Crippen LogP contribution in [0.2, 0.25) is 0 Å². The summed E-state index contributed by atoms with van der Waals surface area (Å²) in [6.45, 7) is 1.73. The number of nitro groups is 1. The minimum atomic E-state index is -0.978. The maximum atomic E-state index is 10.8. The molecule has 0 bridgehead atoms. The van der Waals surface area contributed by atoms with Gasteiger partial charge < -0.3 is 10.4 Å². The molecule has 1 unspecified atom stereocenters. The maximum Gasteiger partial charge on any atom is 0.326 e. The Morgan fingerprint density at radius 1 is 1.62 bits per heavy atom. The zero-order valence-corrected chi connectivity index (χ0v) is 8.71. The van der Waals surface area contributed by atoms with Gasteiger partial charge in [0, 0.05) is 17.8 Å². The molecule has 1 aromatic carbocycles. The predicted molar refractivity (Wildman–Crippen MR) is 58.4 cm³/mol. The van der Waals surface area contributed by atoms with Crippen LogP contribution in [0.5, 0.6) is 0 Å². The number of nitrogens with one attached hydrogen (secondary N) is 1. The first-order chi connectivity index (χ1) is 7.54. The van der Waals surface area contributed by atoms with Gasteiger partial charge in [0.05, 0.1) is 4.92 Å². The van der Waals surface area contributed by atoms with E-state index < -0.39 is 16.9 Å². The standard InChI is InChI=1S/C10H12N2O4/c1-2-9(10(13)14)11-7-4-3-5-8(6-7)12(15)16/h3-6,9,11H,2H2,1H3,(H,13,14). The summed E-state index contributed by atoms with van der Waals surface area (Å²) in [6.07, 6.45) is 0.401. The number of hydrogen-bond donors (Lipinski definition) is 2. The Bertz CT molecular complexity index is 406. The zero-order chi connectivity index (χ0) is 12.1. The first-order valence-electron chi connectivity index (χ1n) is 4.78. The number of carbonyl (C=O) groups is 1. The van der Waals surface area contributed by atoms with Gasteiger partial charge in [0.1, 0.15) is 6.04 Å². The number of hydrogen-bond acceptors (Lipinski definition) is 4. The van der Waals surface area contributed by atoms with Crippen molar-refractivity contribution in [2.24, 2.45) is 0 Å². The number of carboxylic acids is 1. The predicted octanol–water partition coefficient (Wildman–Crippen LogP) is 1.87. The van der Waals surface area contributed by atoms with E-state index in [4.69, 9.17) is 5.11 Å². The van der Waals surface area contributed by atoms with E-state index in [-0.39, 0.29) is 5.69 Å². The molecule has 0 fully saturated rings. The summed E-state index contributed by atoms with van der Waals surface area (Å²) >= 11 is 0. The second-order valence-corrected chi connectivity index (χ2v) is 3.25. The number of nitro benzene ring substituents is 1. The van der Waals surface area contributed by atoms with Crippen molar-refractivity contribution < 1.29 is 14.8 Å². The molecule has 1 aromatic rings. The second-order valence-electron chi connectivity index (χ2n) is 3.25. The highest BCUT2D eigenvalue weighted by atomic mass is 16.6. The summed E-state index contributed by atoms with van der Waals surface area (Å²) in [5.74, 6) is -0.978. The number of non-ortho nitro benzene ring substituents is 1. The van der Waals surface area contributed by atoms with E-state index in [1.54, 1.807) is 13.0 Å². The molecule has 0 aromatic heterocycles. The monoisotopic (exact) mass is 224 g/mol. The van der Waals surface area contributed by atoms with Crippen LogP contribution in [-0.4, -0.2) is 22.0 Å². The molecule has 0 saturated carbocycles. The molecule has 6 nitrogen and oxygen atoms in total. The highest BCUT2D eigenvalue weighted by molar-refractivity contribution is 5.77. The van der Waals surface area contributed by atoms with Crippen molar-refractivity contribution in [2.45, 2.75) is 19.4 Å². The number of aliphatic carboxylic acids is 1. The van der Waals surface area contributed by atoms with Crippen molar-refractivity contribution in [1.29, 1.82) is 0 Å². The second kappa shape index (κ2) is 5.11. The van der Waals surface area contributed by atoms with Crippen LogP contribution in [0, 0.1) is 10.1 Å². The van der Waals surface area contributed by atoms with E-state index in [1.807, 2.05) is 0 Å². The lowest BCUT2D eigenvalue weighted by atomic mass is 10.2. The third-order valence-corrected chi connectivity index (χ3v) is 2.10. The van der Waals surface area contributed by atoms with E-state index in [2.05, 4.69) is 5.32 Å². The fraction of sp³-hybridized carbons (Fsp3) is 0.300. The van der Waals surface area contributed by atoms with Gasteiger partial charge in [0.25, 0.3) is 5.69 Å². The van der Waals surface area contributed by atoms with Crippen LogP contribution in [0.3, 0.4) is 0 Å². The van der Waals surface area contributed by atoms with E-state index in [1.165, 1.54) is 18.2 Å². The van der Waals surface area contributed by atoms with Gasteiger partial charge in [0.2, 0.25) is 0 Å². The number of benzene rings is 1. The molecule has 0 radical (unpaired) electrons. The average Bonchev–Trinajstić information content (AvgIpc) is 2.25. The minimum absolute atomic E-state index is 0.0646. The SMILES string of the molecule is CCC(Nc1cccc([N+](=O)[O-])c1)C(=O)O. The summed E-state index contributed by atoms with van der Waals surface area (Å²) in [6, 6.07) is 5.04. The Labute approximate surface area is 92.0 Å². The Kier molecular flexibility index (Phi) is 3.82. The Hall–Kier alpha value is -2.11. The molecule has 0 heterocycles. The Morgan fingerprint density at radius 2 is 2.31 bits per heavy atom. The molecule has 2 N–H and O–H groups in total. The summed E-state index contributed by atoms with van der Waals surface area (Å²) in [5, 5.41) is 22.0. The van der Waals surface area contributed by atoms with Crippen LogP contribution >= 0.6 is 0 Å². The largest absolute Gasteiger partial charge is 0.480 e. The van der Waals surface area contributed by atoms with Gasteiger partial charge >= 0.3 is 5.97 Å². The molecule has 0 saturated heterocycles. The lowest BCUT2D eigenvalue weighted by Gasteiger charge is -2.13. The van der Waals surface area contributed by atoms with Crippen LogP contribution in [0.15, 0.2) is 24.3 Å². The van der Waals surface area contributed by atoms with Crippen LogP contribution in [0.1, 0.15) is 13.3 Å². The molecule has 86 valence electrons. The summed E-state index contributed by atoms with van der Waals surface area (Å²) in [4.78, 5) is 20.7. The molecule has 0 aliphatic carbocycles. The quantitative estimate of drug-likeness (QED) is 0.588. The van der Waals surface area contributed by atoms with Crippen LogP contribution < -0.4 is 5.32 Å². The van der Waals surface area contributed by atoms with Crippen LogP contribution in [-0.2, 0) is 4.79 Å². The van der Waals surface area contributed by atoms with Crippen molar-refractivity contribution in [3.05, 3.63) is 34.4 Å². The number of anilines is 1. The molecule has 0 amide bonds. The van der Waals surface area contributed by atoms with Gasteiger partial charge in [-0.1, -0.05) is 13.0 Å². The van der Waals surface area contributed by atoms with E-state index >= 15 is 0 Å². The molecule has 1 atom stereocenters. The van der Waals surface area contributed by atoms with Crippen molar-refractivity contribution in [1.82, 2.24) is 0 Å². The molecule has 0 aliphatic rings. The topological polar surface area (TPSA) is 92.5 Å². The number of nitrogens with zero attached hydrogens (tertiary/aromatic N) is 1. The van der Waals surface area contributed by atoms with Gasteiger partial charge in [-0.3, -0.25) is 10.1 Å². The fourth-order valence-electron chi connectivity index (χ4n) is 1.25. The molecule has 6 heteroatoms. The average molecular weight is 224 g/mol. The first kappa shape index (κ1) is 12.0. The Morgan fingerprint density at radius 3 is 2.81 bits per heavy atom. The Balaban J connectivity index is 2.84. The zero-order valence-electron chi connectivity index (χ0n) is 8.71. The molecular formula is C10H12N2O4. The van der Waals surface area contributed by atoms with Crippen molar-refractivity contribution in [2.75, 3.05) is 5.32 Å². The first-order valence-corrected chi connectivity index (χ1v) is 4.78. The van der Waals surface area contributed by atoms with Crippen LogP contribution in [0.4, 0.5) is 11.4 Å². The molecule has 1 rings (SSSR count). The van der Waals surface area contributed by atoms with Gasteiger partial charge in [-0.05, 0) is 12.5 Å². The highest BCUT2D eigenvalue weighted by Gasteiger charge is 2.15. The maximum absolute atomic E-state index is 10.8. The van der Waals surface area contributed by atoms with Crippen molar-refractivity contribution in [3.8, 4) is 0 Å². The summed E-state index contributed by atoms with van der Waals surface area (Å²) in [5.41, 5.74) is 0.369. The highest BCUT2D eigenvalue weighted by Crippen LogP contribution is 2.18. The van der Waals surface area contributed by atoms with Gasteiger partial charge in [-0.25, -0.2) is 4.79 Å². The summed E-state index contributed by atoms with van der Waals surface area (Å²) < 4.78 is 0. The normalized spacial score (nSPS) is 11.8. The minimum Gasteiger partial charge on any atom is -0.480 e. The van der Waals surface area contributed by atoms with Gasteiger partial charge in [-0.15, -0.1) is 0 Å². The third-order valence-electron chi connectivity index (χ3n) is 2.10. The van der Waals surface area contributed by atoms with Crippen LogP contribution in [0.25, 0.3) is 0 Å².